The minimum absolute atomic E-state index is 0.128. The SMILES string of the molecule is COc1ccccc1Nc1ccc(C(=O)NCCc2ccccc2)cn1. The number of hydrogen-bond donors (Lipinski definition) is 2. The Morgan fingerprint density at radius 1 is 1.00 bits per heavy atom. The number of para-hydroxylation sites is 2. The zero-order valence-corrected chi connectivity index (χ0v) is 14.6. The number of nitrogens with one attached hydrogen (secondary N) is 2. The molecule has 1 amide bonds. The number of anilines is 2. The number of carbonyl (C=O) groups is 1. The maximum absolute atomic E-state index is 12.2. The molecule has 5 nitrogen and oxygen atoms in total. The van der Waals surface area contributed by atoms with Crippen molar-refractivity contribution in [1.82, 2.24) is 10.3 Å². The number of hydrogen-bond acceptors (Lipinski definition) is 4. The summed E-state index contributed by atoms with van der Waals surface area (Å²) in [6.07, 6.45) is 2.36. The molecule has 3 rings (SSSR count). The second-order valence-electron chi connectivity index (χ2n) is 5.75. The van der Waals surface area contributed by atoms with Gasteiger partial charge in [-0.3, -0.25) is 4.79 Å². The van der Waals surface area contributed by atoms with Crippen LogP contribution < -0.4 is 15.4 Å². The average Bonchev–Trinajstić information content (AvgIpc) is 2.70. The van der Waals surface area contributed by atoms with Gasteiger partial charge < -0.3 is 15.4 Å². The summed E-state index contributed by atoms with van der Waals surface area (Å²) >= 11 is 0. The Hall–Kier alpha value is -3.34. The molecule has 0 spiro atoms. The van der Waals surface area contributed by atoms with Crippen molar-refractivity contribution in [2.75, 3.05) is 19.0 Å². The largest absolute Gasteiger partial charge is 0.495 e. The maximum Gasteiger partial charge on any atom is 0.252 e. The zero-order valence-electron chi connectivity index (χ0n) is 14.6. The zero-order chi connectivity index (χ0) is 18.2. The summed E-state index contributed by atoms with van der Waals surface area (Å²) in [5, 5.41) is 6.10. The van der Waals surface area contributed by atoms with E-state index < -0.39 is 0 Å². The van der Waals surface area contributed by atoms with Gasteiger partial charge >= 0.3 is 0 Å². The Morgan fingerprint density at radius 2 is 1.77 bits per heavy atom. The van der Waals surface area contributed by atoms with Crippen molar-refractivity contribution in [3.8, 4) is 5.75 Å². The molecule has 2 N–H and O–H groups in total. The number of methoxy groups -OCH3 is 1. The molecular weight excluding hydrogens is 326 g/mol. The highest BCUT2D eigenvalue weighted by atomic mass is 16.5. The molecule has 0 aliphatic carbocycles. The predicted octanol–water partition coefficient (Wildman–Crippen LogP) is 3.81. The Bertz CT molecular complexity index is 849. The predicted molar refractivity (Wildman–Crippen MR) is 103 cm³/mol. The molecule has 0 bridgehead atoms. The van der Waals surface area contributed by atoms with Gasteiger partial charge in [0.15, 0.2) is 0 Å². The molecule has 0 unspecified atom stereocenters. The maximum atomic E-state index is 12.2. The average molecular weight is 347 g/mol. The Morgan fingerprint density at radius 3 is 2.50 bits per heavy atom. The van der Waals surface area contributed by atoms with Crippen molar-refractivity contribution in [3.05, 3.63) is 84.1 Å². The molecule has 1 aromatic heterocycles. The fourth-order valence-corrected chi connectivity index (χ4v) is 2.56. The van der Waals surface area contributed by atoms with E-state index in [0.717, 1.165) is 17.9 Å². The molecular formula is C21H21N3O2. The lowest BCUT2D eigenvalue weighted by molar-refractivity contribution is 0.0954. The number of ether oxygens (including phenoxy) is 1. The van der Waals surface area contributed by atoms with Crippen LogP contribution in [-0.2, 0) is 6.42 Å². The van der Waals surface area contributed by atoms with Crippen LogP contribution in [0.2, 0.25) is 0 Å². The lowest BCUT2D eigenvalue weighted by atomic mass is 10.1. The Kier molecular flexibility index (Phi) is 5.83. The monoisotopic (exact) mass is 347 g/mol. The van der Waals surface area contributed by atoms with Gasteiger partial charge in [0.25, 0.3) is 5.91 Å². The molecule has 26 heavy (non-hydrogen) atoms. The third kappa shape index (κ3) is 4.60. The molecule has 1 heterocycles. The fourth-order valence-electron chi connectivity index (χ4n) is 2.56. The topological polar surface area (TPSA) is 63.2 Å². The van der Waals surface area contributed by atoms with Crippen LogP contribution in [0.1, 0.15) is 15.9 Å². The van der Waals surface area contributed by atoms with Crippen molar-refractivity contribution < 1.29 is 9.53 Å². The van der Waals surface area contributed by atoms with Crippen LogP contribution >= 0.6 is 0 Å². The van der Waals surface area contributed by atoms with Gasteiger partial charge in [-0.15, -0.1) is 0 Å². The van der Waals surface area contributed by atoms with E-state index in [0.29, 0.717) is 17.9 Å². The molecule has 132 valence electrons. The molecule has 0 fully saturated rings. The van der Waals surface area contributed by atoms with E-state index in [2.05, 4.69) is 15.6 Å². The minimum Gasteiger partial charge on any atom is -0.495 e. The summed E-state index contributed by atoms with van der Waals surface area (Å²) in [6.45, 7) is 0.587. The summed E-state index contributed by atoms with van der Waals surface area (Å²) in [5.74, 6) is 1.25. The molecule has 0 atom stereocenters. The van der Waals surface area contributed by atoms with Gasteiger partial charge in [0.1, 0.15) is 11.6 Å². The first kappa shape index (κ1) is 17.5. The number of pyridine rings is 1. The molecule has 0 saturated carbocycles. The van der Waals surface area contributed by atoms with Crippen molar-refractivity contribution in [1.29, 1.82) is 0 Å². The van der Waals surface area contributed by atoms with Crippen LogP contribution in [-0.4, -0.2) is 24.5 Å². The molecule has 3 aromatic rings. The van der Waals surface area contributed by atoms with Crippen molar-refractivity contribution in [2.45, 2.75) is 6.42 Å². The van der Waals surface area contributed by atoms with E-state index in [1.54, 1.807) is 25.4 Å². The van der Waals surface area contributed by atoms with Gasteiger partial charge in [0.2, 0.25) is 0 Å². The standard InChI is InChI=1S/C21H21N3O2/c1-26-19-10-6-5-9-18(19)24-20-12-11-17(15-23-20)21(25)22-14-13-16-7-3-2-4-8-16/h2-12,15H,13-14H2,1H3,(H,22,25)(H,23,24). The molecule has 2 aromatic carbocycles. The van der Waals surface area contributed by atoms with E-state index >= 15 is 0 Å². The number of amides is 1. The first-order valence-electron chi connectivity index (χ1n) is 8.44. The van der Waals surface area contributed by atoms with Gasteiger partial charge in [-0.1, -0.05) is 42.5 Å². The molecule has 0 aliphatic rings. The van der Waals surface area contributed by atoms with E-state index in [1.165, 1.54) is 5.56 Å². The smallest absolute Gasteiger partial charge is 0.252 e. The summed E-state index contributed by atoms with van der Waals surface area (Å²) in [6, 6.07) is 21.2. The normalized spacial score (nSPS) is 10.2. The van der Waals surface area contributed by atoms with Crippen molar-refractivity contribution in [3.63, 3.8) is 0 Å². The third-order valence-electron chi connectivity index (χ3n) is 3.94. The number of carbonyl (C=O) groups excluding carboxylic acids is 1. The number of rotatable bonds is 7. The second kappa shape index (κ2) is 8.67. The lowest BCUT2D eigenvalue weighted by Gasteiger charge is -2.10. The summed E-state index contributed by atoms with van der Waals surface area (Å²) < 4.78 is 5.31. The first-order chi connectivity index (χ1) is 12.8. The van der Waals surface area contributed by atoms with Crippen LogP contribution in [0.4, 0.5) is 11.5 Å². The number of aromatic nitrogens is 1. The Balaban J connectivity index is 1.56. The number of nitrogens with zero attached hydrogens (tertiary/aromatic N) is 1. The fraction of sp³-hybridized carbons (Fsp3) is 0.143. The second-order valence-corrected chi connectivity index (χ2v) is 5.75. The molecule has 0 saturated heterocycles. The number of benzene rings is 2. The summed E-state index contributed by atoms with van der Waals surface area (Å²) in [5.41, 5.74) is 2.55. The van der Waals surface area contributed by atoms with Crippen LogP contribution in [0.15, 0.2) is 72.9 Å². The highest BCUT2D eigenvalue weighted by Crippen LogP contribution is 2.26. The van der Waals surface area contributed by atoms with Gasteiger partial charge in [0.05, 0.1) is 18.4 Å². The van der Waals surface area contributed by atoms with Gasteiger partial charge in [-0.25, -0.2) is 4.98 Å². The van der Waals surface area contributed by atoms with Crippen LogP contribution in [0.25, 0.3) is 0 Å². The van der Waals surface area contributed by atoms with Gasteiger partial charge in [-0.2, -0.15) is 0 Å². The van der Waals surface area contributed by atoms with Crippen molar-refractivity contribution >= 4 is 17.4 Å². The van der Waals surface area contributed by atoms with Gasteiger partial charge in [0, 0.05) is 12.7 Å². The summed E-state index contributed by atoms with van der Waals surface area (Å²) in [7, 11) is 1.62. The lowest BCUT2D eigenvalue weighted by Crippen LogP contribution is -2.25. The molecule has 0 radical (unpaired) electrons. The van der Waals surface area contributed by atoms with E-state index in [4.69, 9.17) is 4.74 Å². The minimum atomic E-state index is -0.128. The quantitative estimate of drug-likeness (QED) is 0.682. The summed E-state index contributed by atoms with van der Waals surface area (Å²) in [4.78, 5) is 16.5. The highest BCUT2D eigenvalue weighted by Gasteiger charge is 2.07. The van der Waals surface area contributed by atoms with E-state index in [-0.39, 0.29) is 5.91 Å². The van der Waals surface area contributed by atoms with Crippen LogP contribution in [0, 0.1) is 0 Å². The van der Waals surface area contributed by atoms with E-state index in [1.807, 2.05) is 54.6 Å². The van der Waals surface area contributed by atoms with E-state index in [9.17, 15) is 4.79 Å². The highest BCUT2D eigenvalue weighted by molar-refractivity contribution is 5.94. The first-order valence-corrected chi connectivity index (χ1v) is 8.44. The Labute approximate surface area is 153 Å². The van der Waals surface area contributed by atoms with Crippen molar-refractivity contribution in [2.24, 2.45) is 0 Å². The van der Waals surface area contributed by atoms with Crippen LogP contribution in [0.3, 0.4) is 0 Å². The molecule has 5 heteroatoms. The molecule has 0 aliphatic heterocycles. The third-order valence-corrected chi connectivity index (χ3v) is 3.94. The van der Waals surface area contributed by atoms with Crippen LogP contribution in [0.5, 0.6) is 5.75 Å². The van der Waals surface area contributed by atoms with Gasteiger partial charge in [-0.05, 0) is 36.2 Å².